The van der Waals surface area contributed by atoms with Crippen molar-refractivity contribution in [2.75, 3.05) is 18.0 Å². The lowest BCUT2D eigenvalue weighted by Gasteiger charge is -2.18. The second kappa shape index (κ2) is 3.95. The molecular formula is C13H21N3S. The third-order valence-corrected chi connectivity index (χ3v) is 5.04. The van der Waals surface area contributed by atoms with Gasteiger partial charge in [0, 0.05) is 29.4 Å². The first-order valence-electron chi connectivity index (χ1n) is 6.61. The molecule has 0 atom stereocenters. The van der Waals surface area contributed by atoms with Crippen LogP contribution < -0.4 is 10.6 Å². The first-order valence-corrected chi connectivity index (χ1v) is 7.42. The van der Waals surface area contributed by atoms with Gasteiger partial charge in [-0.1, -0.05) is 11.3 Å². The smallest absolute Gasteiger partial charge is 0.185 e. The number of anilines is 1. The highest BCUT2D eigenvalue weighted by Gasteiger charge is 2.34. The summed E-state index contributed by atoms with van der Waals surface area (Å²) in [6, 6.07) is 0. The van der Waals surface area contributed by atoms with Crippen LogP contribution in [0, 0.1) is 0 Å². The minimum atomic E-state index is -0.242. The molecule has 2 fully saturated rings. The Morgan fingerprint density at radius 1 is 1.29 bits per heavy atom. The van der Waals surface area contributed by atoms with Gasteiger partial charge in [0.1, 0.15) is 0 Å². The fourth-order valence-corrected chi connectivity index (χ4v) is 3.68. The van der Waals surface area contributed by atoms with E-state index in [1.165, 1.54) is 54.5 Å². The number of hydrogen-bond donors (Lipinski definition) is 1. The Morgan fingerprint density at radius 2 is 1.94 bits per heavy atom. The zero-order valence-corrected chi connectivity index (χ0v) is 11.5. The Balaban J connectivity index is 1.95. The third kappa shape index (κ3) is 2.20. The molecule has 1 aromatic heterocycles. The SMILES string of the molecule is CC(C)(N)c1sc(N2CCCC2)nc1C1CC1. The Hall–Kier alpha value is -0.610. The number of aromatic nitrogens is 1. The second-order valence-corrected chi connectivity index (χ2v) is 6.88. The minimum Gasteiger partial charge on any atom is -0.348 e. The summed E-state index contributed by atoms with van der Waals surface area (Å²) < 4.78 is 0. The molecule has 0 aromatic carbocycles. The van der Waals surface area contributed by atoms with Crippen LogP contribution in [0.15, 0.2) is 0 Å². The Morgan fingerprint density at radius 3 is 2.47 bits per heavy atom. The van der Waals surface area contributed by atoms with E-state index >= 15 is 0 Å². The van der Waals surface area contributed by atoms with Gasteiger partial charge in [-0.3, -0.25) is 0 Å². The van der Waals surface area contributed by atoms with Crippen LogP contribution in [0.1, 0.15) is 56.0 Å². The van der Waals surface area contributed by atoms with Gasteiger partial charge in [-0.15, -0.1) is 0 Å². The molecule has 3 nitrogen and oxygen atoms in total. The van der Waals surface area contributed by atoms with E-state index in [9.17, 15) is 0 Å². The van der Waals surface area contributed by atoms with Crippen molar-refractivity contribution in [3.63, 3.8) is 0 Å². The van der Waals surface area contributed by atoms with Crippen LogP contribution in [-0.4, -0.2) is 18.1 Å². The lowest BCUT2D eigenvalue weighted by molar-refractivity contribution is 0.558. The standard InChI is InChI=1S/C13H21N3S/c1-13(2,14)11-10(9-5-6-9)15-12(17-11)16-7-3-4-8-16/h9H,3-8,14H2,1-2H3. The summed E-state index contributed by atoms with van der Waals surface area (Å²) in [6.07, 6.45) is 5.21. The Bertz CT molecular complexity index is 409. The van der Waals surface area contributed by atoms with Crippen molar-refractivity contribution in [1.29, 1.82) is 0 Å². The first kappa shape index (κ1) is 11.5. The molecule has 1 aliphatic carbocycles. The van der Waals surface area contributed by atoms with Crippen molar-refractivity contribution in [2.45, 2.75) is 51.0 Å². The maximum absolute atomic E-state index is 6.29. The van der Waals surface area contributed by atoms with Crippen LogP contribution in [-0.2, 0) is 5.54 Å². The quantitative estimate of drug-likeness (QED) is 0.898. The van der Waals surface area contributed by atoms with E-state index in [1.54, 1.807) is 0 Å². The largest absolute Gasteiger partial charge is 0.348 e. The summed E-state index contributed by atoms with van der Waals surface area (Å²) in [7, 11) is 0. The molecule has 2 heterocycles. The molecule has 0 unspecified atom stereocenters. The topological polar surface area (TPSA) is 42.1 Å². The second-order valence-electron chi connectivity index (χ2n) is 5.90. The van der Waals surface area contributed by atoms with Gasteiger partial charge in [-0.2, -0.15) is 0 Å². The first-order chi connectivity index (χ1) is 8.05. The number of rotatable bonds is 3. The summed E-state index contributed by atoms with van der Waals surface area (Å²) in [5, 5.41) is 1.21. The van der Waals surface area contributed by atoms with Gasteiger partial charge < -0.3 is 10.6 Å². The van der Waals surface area contributed by atoms with E-state index in [-0.39, 0.29) is 5.54 Å². The number of nitrogens with zero attached hydrogens (tertiary/aromatic N) is 2. The third-order valence-electron chi connectivity index (χ3n) is 3.57. The zero-order chi connectivity index (χ0) is 12.0. The lowest BCUT2D eigenvalue weighted by atomic mass is 10.0. The van der Waals surface area contributed by atoms with Crippen molar-refractivity contribution < 1.29 is 0 Å². The fourth-order valence-electron chi connectivity index (χ4n) is 2.46. The predicted octanol–water partition coefficient (Wildman–Crippen LogP) is 2.81. The van der Waals surface area contributed by atoms with Crippen LogP contribution >= 0.6 is 11.3 Å². The van der Waals surface area contributed by atoms with Gasteiger partial charge in [0.05, 0.1) is 5.69 Å². The molecule has 94 valence electrons. The van der Waals surface area contributed by atoms with Crippen LogP contribution in [0.3, 0.4) is 0 Å². The maximum Gasteiger partial charge on any atom is 0.185 e. The molecule has 0 bridgehead atoms. The van der Waals surface area contributed by atoms with Crippen molar-refractivity contribution in [3.8, 4) is 0 Å². The summed E-state index contributed by atoms with van der Waals surface area (Å²) in [5.74, 6) is 0.695. The molecule has 0 radical (unpaired) electrons. The van der Waals surface area contributed by atoms with E-state index in [1.807, 2.05) is 11.3 Å². The summed E-state index contributed by atoms with van der Waals surface area (Å²) >= 11 is 1.82. The van der Waals surface area contributed by atoms with Crippen molar-refractivity contribution in [1.82, 2.24) is 4.98 Å². The molecule has 2 N–H and O–H groups in total. The Kier molecular flexibility index (Phi) is 2.67. The van der Waals surface area contributed by atoms with E-state index < -0.39 is 0 Å². The predicted molar refractivity (Wildman–Crippen MR) is 72.7 cm³/mol. The molecular weight excluding hydrogens is 230 g/mol. The van der Waals surface area contributed by atoms with Gasteiger partial charge in [0.15, 0.2) is 5.13 Å². The zero-order valence-electron chi connectivity index (χ0n) is 10.7. The normalized spacial score (nSPS) is 21.2. The molecule has 0 amide bonds. The summed E-state index contributed by atoms with van der Waals surface area (Å²) in [5.41, 5.74) is 7.34. The van der Waals surface area contributed by atoms with E-state index in [0.29, 0.717) is 5.92 Å². The van der Waals surface area contributed by atoms with Crippen molar-refractivity contribution >= 4 is 16.5 Å². The monoisotopic (exact) mass is 251 g/mol. The molecule has 4 heteroatoms. The average molecular weight is 251 g/mol. The molecule has 1 saturated carbocycles. The summed E-state index contributed by atoms with van der Waals surface area (Å²) in [6.45, 7) is 6.53. The highest BCUT2D eigenvalue weighted by molar-refractivity contribution is 7.15. The van der Waals surface area contributed by atoms with Gasteiger partial charge in [0.2, 0.25) is 0 Å². The van der Waals surface area contributed by atoms with Crippen molar-refractivity contribution in [2.24, 2.45) is 5.73 Å². The molecule has 2 aliphatic rings. The Labute approximate surface area is 107 Å². The molecule has 0 spiro atoms. The van der Waals surface area contributed by atoms with Gasteiger partial charge in [0.25, 0.3) is 0 Å². The molecule has 1 aromatic rings. The average Bonchev–Trinajstić information content (AvgIpc) is 2.82. The van der Waals surface area contributed by atoms with Crippen LogP contribution in [0.5, 0.6) is 0 Å². The fraction of sp³-hybridized carbons (Fsp3) is 0.769. The van der Waals surface area contributed by atoms with E-state index in [4.69, 9.17) is 10.7 Å². The highest BCUT2D eigenvalue weighted by Crippen LogP contribution is 2.46. The molecule has 1 saturated heterocycles. The van der Waals surface area contributed by atoms with E-state index in [2.05, 4.69) is 18.7 Å². The number of hydrogen-bond acceptors (Lipinski definition) is 4. The maximum atomic E-state index is 6.29. The van der Waals surface area contributed by atoms with Crippen LogP contribution in [0.25, 0.3) is 0 Å². The number of nitrogens with two attached hydrogens (primary N) is 1. The van der Waals surface area contributed by atoms with Crippen LogP contribution in [0.2, 0.25) is 0 Å². The van der Waals surface area contributed by atoms with Crippen LogP contribution in [0.4, 0.5) is 5.13 Å². The number of thiazole rings is 1. The summed E-state index contributed by atoms with van der Waals surface area (Å²) in [4.78, 5) is 8.61. The lowest BCUT2D eigenvalue weighted by Crippen LogP contribution is -2.28. The van der Waals surface area contributed by atoms with Gasteiger partial charge >= 0.3 is 0 Å². The van der Waals surface area contributed by atoms with Gasteiger partial charge in [-0.25, -0.2) is 4.98 Å². The molecule has 3 rings (SSSR count). The highest BCUT2D eigenvalue weighted by atomic mass is 32.1. The van der Waals surface area contributed by atoms with Gasteiger partial charge in [-0.05, 0) is 39.5 Å². The molecule has 1 aliphatic heterocycles. The molecule has 17 heavy (non-hydrogen) atoms. The van der Waals surface area contributed by atoms with E-state index in [0.717, 1.165) is 0 Å². The minimum absolute atomic E-state index is 0.242. The van der Waals surface area contributed by atoms with Crippen molar-refractivity contribution in [3.05, 3.63) is 10.6 Å².